The summed E-state index contributed by atoms with van der Waals surface area (Å²) in [6.07, 6.45) is 1.71. The van der Waals surface area contributed by atoms with E-state index in [0.717, 1.165) is 36.3 Å². The van der Waals surface area contributed by atoms with Crippen LogP contribution in [-0.2, 0) is 0 Å². The van der Waals surface area contributed by atoms with Crippen LogP contribution in [0.5, 0.6) is 0 Å². The van der Waals surface area contributed by atoms with Gasteiger partial charge in [0.25, 0.3) is 0 Å². The second-order valence-electron chi connectivity index (χ2n) is 3.87. The minimum Gasteiger partial charge on any atom is -0.314 e. The smallest absolute Gasteiger partial charge is 0.109 e. The van der Waals surface area contributed by atoms with Crippen LogP contribution in [0.3, 0.4) is 0 Å². The van der Waals surface area contributed by atoms with E-state index >= 15 is 0 Å². The number of alkyl halides is 1. The third-order valence-corrected chi connectivity index (χ3v) is 3.31. The molecule has 0 aromatic carbocycles. The van der Waals surface area contributed by atoms with Crippen LogP contribution in [-0.4, -0.2) is 42.7 Å². The lowest BCUT2D eigenvalue weighted by molar-refractivity contribution is 0.147. The molecule has 1 aromatic rings. The first-order valence-electron chi connectivity index (χ1n) is 5.43. The van der Waals surface area contributed by atoms with Crippen molar-refractivity contribution in [3.63, 3.8) is 0 Å². The van der Waals surface area contributed by atoms with Crippen LogP contribution in [0, 0.1) is 0 Å². The molecule has 0 saturated carbocycles. The molecule has 0 radical (unpaired) electrons. The van der Waals surface area contributed by atoms with Crippen molar-refractivity contribution in [1.29, 1.82) is 0 Å². The molecule has 1 aliphatic rings. The van der Waals surface area contributed by atoms with Gasteiger partial charge < -0.3 is 5.32 Å². The van der Waals surface area contributed by atoms with E-state index in [2.05, 4.69) is 31.1 Å². The van der Waals surface area contributed by atoms with Crippen LogP contribution < -0.4 is 5.32 Å². The van der Waals surface area contributed by atoms with Gasteiger partial charge in [-0.05, 0) is 33.6 Å². The van der Waals surface area contributed by atoms with Crippen LogP contribution in [0.25, 0.3) is 0 Å². The molecule has 0 unspecified atom stereocenters. The summed E-state index contributed by atoms with van der Waals surface area (Å²) in [4.78, 5) is 6.24. The van der Waals surface area contributed by atoms with Gasteiger partial charge in [-0.2, -0.15) is 0 Å². The summed E-state index contributed by atoms with van der Waals surface area (Å²) < 4.78 is 13.9. The molecule has 1 N–H and O–H groups in total. The van der Waals surface area contributed by atoms with E-state index in [9.17, 15) is 4.39 Å². The van der Waals surface area contributed by atoms with Crippen molar-refractivity contribution in [2.75, 3.05) is 32.9 Å². The minimum atomic E-state index is -0.351. The van der Waals surface area contributed by atoms with Crippen LogP contribution in [0.4, 0.5) is 4.39 Å². The summed E-state index contributed by atoms with van der Waals surface area (Å²) in [5.41, 5.74) is 0.992. The average Bonchev–Trinajstić information content (AvgIpc) is 2.31. The Balaban J connectivity index is 0.00000144. The zero-order valence-electron chi connectivity index (χ0n) is 9.81. The average molecular weight is 361 g/mol. The highest BCUT2D eigenvalue weighted by atomic mass is 79.9. The SMILES string of the molecule is Cl.Cl.FC[C@H](c1ccnc(Br)c1)N1CCNCC1. The van der Waals surface area contributed by atoms with Gasteiger partial charge in [0.2, 0.25) is 0 Å². The normalized spacial score (nSPS) is 17.4. The molecule has 1 saturated heterocycles. The van der Waals surface area contributed by atoms with Crippen molar-refractivity contribution < 1.29 is 4.39 Å². The largest absolute Gasteiger partial charge is 0.314 e. The molecule has 2 rings (SSSR count). The highest BCUT2D eigenvalue weighted by Gasteiger charge is 2.22. The number of rotatable bonds is 3. The summed E-state index contributed by atoms with van der Waals surface area (Å²) in [5.74, 6) is 0. The predicted octanol–water partition coefficient (Wildman–Crippen LogP) is 2.60. The maximum atomic E-state index is 13.2. The van der Waals surface area contributed by atoms with Crippen molar-refractivity contribution >= 4 is 40.7 Å². The fraction of sp³-hybridized carbons (Fsp3) is 0.545. The molecule has 104 valence electrons. The monoisotopic (exact) mass is 359 g/mol. The number of hydrogen-bond acceptors (Lipinski definition) is 3. The molecule has 1 aromatic heterocycles. The minimum absolute atomic E-state index is 0. The quantitative estimate of drug-likeness (QED) is 0.840. The third kappa shape index (κ3) is 4.63. The Bertz CT molecular complexity index is 351. The van der Waals surface area contributed by atoms with Crippen molar-refractivity contribution in [2.45, 2.75) is 6.04 Å². The molecule has 0 bridgehead atoms. The maximum absolute atomic E-state index is 13.2. The molecule has 0 amide bonds. The molecule has 1 atom stereocenters. The van der Waals surface area contributed by atoms with E-state index in [4.69, 9.17) is 0 Å². The molecule has 2 heterocycles. The van der Waals surface area contributed by atoms with Gasteiger partial charge >= 0.3 is 0 Å². The predicted molar refractivity (Wildman–Crippen MR) is 79.6 cm³/mol. The lowest BCUT2D eigenvalue weighted by Gasteiger charge is -2.33. The van der Waals surface area contributed by atoms with Gasteiger partial charge in [0.15, 0.2) is 0 Å². The van der Waals surface area contributed by atoms with Crippen LogP contribution >= 0.6 is 40.7 Å². The fourth-order valence-electron chi connectivity index (χ4n) is 2.02. The molecular weight excluding hydrogens is 344 g/mol. The van der Waals surface area contributed by atoms with Crippen molar-refractivity contribution in [2.24, 2.45) is 0 Å². The maximum Gasteiger partial charge on any atom is 0.109 e. The number of nitrogens with one attached hydrogen (secondary N) is 1. The van der Waals surface area contributed by atoms with E-state index in [0.29, 0.717) is 0 Å². The van der Waals surface area contributed by atoms with E-state index < -0.39 is 0 Å². The molecule has 1 fully saturated rings. The Kier molecular flexibility index (Phi) is 9.07. The first-order chi connectivity index (χ1) is 7.81. The molecule has 18 heavy (non-hydrogen) atoms. The van der Waals surface area contributed by atoms with E-state index in [-0.39, 0.29) is 37.5 Å². The summed E-state index contributed by atoms with van der Waals surface area (Å²) >= 11 is 3.32. The molecule has 0 spiro atoms. The highest BCUT2D eigenvalue weighted by molar-refractivity contribution is 9.10. The number of aromatic nitrogens is 1. The van der Waals surface area contributed by atoms with Crippen molar-refractivity contribution in [3.05, 3.63) is 28.5 Å². The molecule has 1 aliphatic heterocycles. The van der Waals surface area contributed by atoms with E-state index in [1.807, 2.05) is 12.1 Å². The topological polar surface area (TPSA) is 28.2 Å². The van der Waals surface area contributed by atoms with Crippen LogP contribution in [0.2, 0.25) is 0 Å². The molecular formula is C11H17BrCl2FN3. The van der Waals surface area contributed by atoms with Gasteiger partial charge in [0.1, 0.15) is 11.3 Å². The van der Waals surface area contributed by atoms with Gasteiger partial charge in [0, 0.05) is 32.4 Å². The van der Waals surface area contributed by atoms with Gasteiger partial charge in [-0.1, -0.05) is 0 Å². The lowest BCUT2D eigenvalue weighted by atomic mass is 10.1. The van der Waals surface area contributed by atoms with Gasteiger partial charge in [-0.25, -0.2) is 9.37 Å². The molecule has 3 nitrogen and oxygen atoms in total. The Morgan fingerprint density at radius 3 is 2.61 bits per heavy atom. The van der Waals surface area contributed by atoms with E-state index in [1.165, 1.54) is 0 Å². The first-order valence-corrected chi connectivity index (χ1v) is 6.23. The zero-order valence-corrected chi connectivity index (χ0v) is 13.0. The van der Waals surface area contributed by atoms with Gasteiger partial charge in [-0.3, -0.25) is 4.90 Å². The summed E-state index contributed by atoms with van der Waals surface area (Å²) in [7, 11) is 0. The van der Waals surface area contributed by atoms with Crippen LogP contribution in [0.15, 0.2) is 22.9 Å². The molecule has 7 heteroatoms. The number of halogens is 4. The van der Waals surface area contributed by atoms with Crippen molar-refractivity contribution in [1.82, 2.24) is 15.2 Å². The van der Waals surface area contributed by atoms with Gasteiger partial charge in [0.05, 0.1) is 6.04 Å². The lowest BCUT2D eigenvalue weighted by Crippen LogP contribution is -2.45. The highest BCUT2D eigenvalue weighted by Crippen LogP contribution is 2.23. The zero-order chi connectivity index (χ0) is 11.4. The Morgan fingerprint density at radius 2 is 2.06 bits per heavy atom. The number of piperazine rings is 1. The Morgan fingerprint density at radius 1 is 1.39 bits per heavy atom. The second kappa shape index (κ2) is 9.04. The third-order valence-electron chi connectivity index (χ3n) is 2.87. The fourth-order valence-corrected chi connectivity index (χ4v) is 2.40. The standard InChI is InChI=1S/C11H15BrFN3.2ClH/c12-11-7-9(1-2-15-11)10(8-13)16-5-3-14-4-6-16;;/h1-2,7,10,14H,3-6,8H2;2*1H/t10-;;/m1../s1. The Hall–Kier alpha value is 0.0600. The van der Waals surface area contributed by atoms with Crippen LogP contribution in [0.1, 0.15) is 11.6 Å². The first kappa shape index (κ1) is 18.1. The Labute approximate surface area is 127 Å². The number of pyridine rings is 1. The van der Waals surface area contributed by atoms with Gasteiger partial charge in [-0.15, -0.1) is 24.8 Å². The molecule has 0 aliphatic carbocycles. The number of hydrogen-bond donors (Lipinski definition) is 1. The number of nitrogens with zero attached hydrogens (tertiary/aromatic N) is 2. The second-order valence-corrected chi connectivity index (χ2v) is 4.68. The van der Waals surface area contributed by atoms with Crippen molar-refractivity contribution in [3.8, 4) is 0 Å². The van der Waals surface area contributed by atoms with E-state index in [1.54, 1.807) is 6.20 Å². The summed E-state index contributed by atoms with van der Waals surface area (Å²) in [6, 6.07) is 3.64. The summed E-state index contributed by atoms with van der Waals surface area (Å²) in [5, 5.41) is 3.27. The summed E-state index contributed by atoms with van der Waals surface area (Å²) in [6.45, 7) is 3.31.